The number of rotatable bonds is 5. The van der Waals surface area contributed by atoms with Crippen molar-refractivity contribution >= 4 is 0 Å². The first-order valence-electron chi connectivity index (χ1n) is 7.48. The molecule has 0 saturated carbocycles. The average molecular weight is 288 g/mol. The molecule has 3 heterocycles. The van der Waals surface area contributed by atoms with E-state index in [-0.39, 0.29) is 0 Å². The Morgan fingerprint density at radius 3 is 2.95 bits per heavy atom. The monoisotopic (exact) mass is 288 g/mol. The van der Waals surface area contributed by atoms with Gasteiger partial charge in [0.2, 0.25) is 0 Å². The second kappa shape index (κ2) is 5.99. The Kier molecular flexibility index (Phi) is 4.07. The lowest BCUT2D eigenvalue weighted by Crippen LogP contribution is -2.19. The molecular formula is C15H24N6. The first-order valence-corrected chi connectivity index (χ1v) is 7.48. The topological polar surface area (TPSA) is 53.0 Å². The number of hydrogen-bond acceptors (Lipinski definition) is 4. The second-order valence-electron chi connectivity index (χ2n) is 6.27. The molecule has 0 bridgehead atoms. The summed E-state index contributed by atoms with van der Waals surface area (Å²) in [6.07, 6.45) is 7.19. The Morgan fingerprint density at radius 2 is 2.24 bits per heavy atom. The van der Waals surface area contributed by atoms with Gasteiger partial charge in [0.25, 0.3) is 0 Å². The fourth-order valence-electron chi connectivity index (χ4n) is 3.02. The van der Waals surface area contributed by atoms with Gasteiger partial charge in [-0.15, -0.1) is 0 Å². The van der Waals surface area contributed by atoms with E-state index < -0.39 is 0 Å². The maximum atomic E-state index is 4.57. The van der Waals surface area contributed by atoms with Crippen molar-refractivity contribution in [1.82, 2.24) is 29.5 Å². The van der Waals surface area contributed by atoms with E-state index >= 15 is 0 Å². The molecule has 0 amide bonds. The first kappa shape index (κ1) is 14.3. The van der Waals surface area contributed by atoms with Crippen LogP contribution in [0.4, 0.5) is 0 Å². The third kappa shape index (κ3) is 3.51. The molecule has 0 aromatic carbocycles. The van der Waals surface area contributed by atoms with E-state index in [1.165, 1.54) is 17.7 Å². The summed E-state index contributed by atoms with van der Waals surface area (Å²) in [5.74, 6) is 1.66. The fraction of sp³-hybridized carbons (Fsp3) is 0.600. The van der Waals surface area contributed by atoms with Crippen LogP contribution in [0.1, 0.15) is 29.4 Å². The van der Waals surface area contributed by atoms with Crippen molar-refractivity contribution in [2.24, 2.45) is 7.05 Å². The van der Waals surface area contributed by atoms with Gasteiger partial charge in [0, 0.05) is 56.3 Å². The van der Waals surface area contributed by atoms with Gasteiger partial charge in [-0.05, 0) is 27.1 Å². The van der Waals surface area contributed by atoms with Crippen LogP contribution in [0.2, 0.25) is 0 Å². The van der Waals surface area contributed by atoms with E-state index in [0.29, 0.717) is 5.92 Å². The van der Waals surface area contributed by atoms with Gasteiger partial charge in [-0.2, -0.15) is 5.10 Å². The van der Waals surface area contributed by atoms with Crippen LogP contribution in [0.3, 0.4) is 0 Å². The normalized spacial score (nSPS) is 19.7. The van der Waals surface area contributed by atoms with Crippen LogP contribution in [-0.2, 0) is 20.1 Å². The zero-order valence-electron chi connectivity index (χ0n) is 13.1. The molecule has 1 saturated heterocycles. The van der Waals surface area contributed by atoms with Crippen molar-refractivity contribution < 1.29 is 0 Å². The molecule has 2 aromatic heterocycles. The van der Waals surface area contributed by atoms with Crippen molar-refractivity contribution in [3.05, 3.63) is 35.7 Å². The van der Waals surface area contributed by atoms with Crippen LogP contribution < -0.4 is 0 Å². The predicted octanol–water partition coefficient (Wildman–Crippen LogP) is 1.19. The SMILES string of the molecule is CN(C)Cc1cnc([C@@H]2CCN(Cc3cnn(C)c3)C2)[nH]1. The molecule has 2 aromatic rings. The van der Waals surface area contributed by atoms with E-state index in [9.17, 15) is 0 Å². The highest BCUT2D eigenvalue weighted by atomic mass is 15.2. The molecular weight excluding hydrogens is 264 g/mol. The number of hydrogen-bond donors (Lipinski definition) is 1. The molecule has 3 rings (SSSR count). The summed E-state index contributed by atoms with van der Waals surface area (Å²) in [5, 5.41) is 4.23. The fourth-order valence-corrected chi connectivity index (χ4v) is 3.02. The van der Waals surface area contributed by atoms with E-state index in [2.05, 4.69) is 45.2 Å². The molecule has 1 aliphatic heterocycles. The number of H-pyrrole nitrogens is 1. The van der Waals surface area contributed by atoms with E-state index in [4.69, 9.17) is 0 Å². The Labute approximate surface area is 125 Å². The number of aromatic amines is 1. The second-order valence-corrected chi connectivity index (χ2v) is 6.27. The third-order valence-corrected chi connectivity index (χ3v) is 3.96. The van der Waals surface area contributed by atoms with Crippen molar-refractivity contribution in [3.8, 4) is 0 Å². The highest BCUT2D eigenvalue weighted by molar-refractivity contribution is 5.09. The maximum absolute atomic E-state index is 4.57. The quantitative estimate of drug-likeness (QED) is 0.898. The van der Waals surface area contributed by atoms with Crippen LogP contribution in [0.25, 0.3) is 0 Å². The summed E-state index contributed by atoms with van der Waals surface area (Å²) in [5.41, 5.74) is 2.48. The minimum absolute atomic E-state index is 0.526. The van der Waals surface area contributed by atoms with E-state index in [1.807, 2.05) is 24.1 Å². The van der Waals surface area contributed by atoms with Crippen molar-refractivity contribution in [2.75, 3.05) is 27.2 Å². The zero-order chi connectivity index (χ0) is 14.8. The van der Waals surface area contributed by atoms with Crippen molar-refractivity contribution in [2.45, 2.75) is 25.4 Å². The standard InChI is InChI=1S/C15H24N6/c1-19(2)11-14-7-16-15(18-14)13-4-5-21(10-13)9-12-6-17-20(3)8-12/h6-8,13H,4-5,9-11H2,1-3H3,(H,16,18)/t13-/m1/s1. The first-order chi connectivity index (χ1) is 10.1. The summed E-state index contributed by atoms with van der Waals surface area (Å²) >= 11 is 0. The molecule has 0 unspecified atom stereocenters. The number of nitrogens with one attached hydrogen (secondary N) is 1. The zero-order valence-corrected chi connectivity index (χ0v) is 13.1. The van der Waals surface area contributed by atoms with Crippen LogP contribution in [-0.4, -0.2) is 56.7 Å². The third-order valence-electron chi connectivity index (χ3n) is 3.96. The van der Waals surface area contributed by atoms with Crippen LogP contribution in [0.15, 0.2) is 18.6 Å². The van der Waals surface area contributed by atoms with Crippen LogP contribution in [0, 0.1) is 0 Å². The lowest BCUT2D eigenvalue weighted by molar-refractivity contribution is 0.325. The van der Waals surface area contributed by atoms with Gasteiger partial charge in [0.15, 0.2) is 0 Å². The Hall–Kier alpha value is -1.66. The van der Waals surface area contributed by atoms with Gasteiger partial charge in [-0.1, -0.05) is 0 Å². The van der Waals surface area contributed by atoms with Crippen LogP contribution in [0.5, 0.6) is 0 Å². The van der Waals surface area contributed by atoms with E-state index in [0.717, 1.165) is 32.0 Å². The lowest BCUT2D eigenvalue weighted by atomic mass is 10.1. The minimum atomic E-state index is 0.526. The van der Waals surface area contributed by atoms with Gasteiger partial charge in [0.05, 0.1) is 6.20 Å². The van der Waals surface area contributed by atoms with Gasteiger partial charge < -0.3 is 9.88 Å². The molecule has 1 N–H and O–H groups in total. The van der Waals surface area contributed by atoms with Crippen molar-refractivity contribution in [1.29, 1.82) is 0 Å². The molecule has 0 aliphatic carbocycles. The number of aromatic nitrogens is 4. The molecule has 6 nitrogen and oxygen atoms in total. The summed E-state index contributed by atoms with van der Waals surface area (Å²) < 4.78 is 1.86. The van der Waals surface area contributed by atoms with Crippen LogP contribution >= 0.6 is 0 Å². The smallest absolute Gasteiger partial charge is 0.110 e. The number of aryl methyl sites for hydroxylation is 1. The largest absolute Gasteiger partial charge is 0.345 e. The summed E-state index contributed by atoms with van der Waals surface area (Å²) in [7, 11) is 6.11. The average Bonchev–Trinajstić information content (AvgIpc) is 3.11. The Bertz CT molecular complexity index is 585. The number of nitrogens with zero attached hydrogens (tertiary/aromatic N) is 5. The Morgan fingerprint density at radius 1 is 1.38 bits per heavy atom. The number of imidazole rings is 1. The van der Waals surface area contributed by atoms with E-state index in [1.54, 1.807) is 0 Å². The molecule has 1 fully saturated rings. The van der Waals surface area contributed by atoms with Crippen molar-refractivity contribution in [3.63, 3.8) is 0 Å². The summed E-state index contributed by atoms with van der Waals surface area (Å²) in [4.78, 5) is 12.7. The molecule has 1 aliphatic rings. The molecule has 114 valence electrons. The summed E-state index contributed by atoms with van der Waals surface area (Å²) in [6, 6.07) is 0. The molecule has 0 radical (unpaired) electrons. The highest BCUT2D eigenvalue weighted by Crippen LogP contribution is 2.26. The number of likely N-dealkylation sites (tertiary alicyclic amines) is 1. The molecule has 0 spiro atoms. The predicted molar refractivity (Wildman–Crippen MR) is 81.8 cm³/mol. The van der Waals surface area contributed by atoms with Gasteiger partial charge in [-0.3, -0.25) is 9.58 Å². The molecule has 6 heteroatoms. The molecule has 21 heavy (non-hydrogen) atoms. The maximum Gasteiger partial charge on any atom is 0.110 e. The molecule has 1 atom stereocenters. The lowest BCUT2D eigenvalue weighted by Gasteiger charge is -2.14. The Balaban J connectivity index is 1.57. The highest BCUT2D eigenvalue weighted by Gasteiger charge is 2.26. The summed E-state index contributed by atoms with van der Waals surface area (Å²) in [6.45, 7) is 4.10. The van der Waals surface area contributed by atoms with Gasteiger partial charge >= 0.3 is 0 Å². The van der Waals surface area contributed by atoms with Gasteiger partial charge in [0.1, 0.15) is 5.82 Å². The van der Waals surface area contributed by atoms with Gasteiger partial charge in [-0.25, -0.2) is 4.98 Å². The minimum Gasteiger partial charge on any atom is -0.345 e.